The Morgan fingerprint density at radius 2 is 2.05 bits per heavy atom. The van der Waals surface area contributed by atoms with E-state index in [1.165, 1.54) is 5.56 Å². The lowest BCUT2D eigenvalue weighted by Gasteiger charge is -2.28. The van der Waals surface area contributed by atoms with Crippen molar-refractivity contribution < 1.29 is 4.74 Å². The van der Waals surface area contributed by atoms with Crippen molar-refractivity contribution in [3.05, 3.63) is 54.1 Å². The molecule has 2 atom stereocenters. The Balaban J connectivity index is 1.81. The van der Waals surface area contributed by atoms with Crippen molar-refractivity contribution in [2.45, 2.75) is 24.8 Å². The fourth-order valence-corrected chi connectivity index (χ4v) is 2.79. The minimum Gasteiger partial charge on any atom is -0.493 e. The van der Waals surface area contributed by atoms with Crippen LogP contribution in [0.4, 0.5) is 0 Å². The predicted octanol–water partition coefficient (Wildman–Crippen LogP) is 2.69. The molecule has 0 amide bonds. The van der Waals surface area contributed by atoms with Crippen LogP contribution < -0.4 is 10.1 Å². The molecule has 1 N–H and O–H groups in total. The Kier molecular flexibility index (Phi) is 3.92. The molecule has 0 saturated carbocycles. The highest BCUT2D eigenvalue weighted by atomic mass is 16.5. The van der Waals surface area contributed by atoms with E-state index in [0.717, 1.165) is 31.0 Å². The van der Waals surface area contributed by atoms with Crippen molar-refractivity contribution in [2.75, 3.05) is 13.7 Å². The third-order valence-corrected chi connectivity index (χ3v) is 3.85. The van der Waals surface area contributed by atoms with E-state index in [4.69, 9.17) is 4.74 Å². The first-order valence-corrected chi connectivity index (χ1v) is 7.04. The van der Waals surface area contributed by atoms with Gasteiger partial charge in [0.05, 0.1) is 12.6 Å². The highest BCUT2D eigenvalue weighted by molar-refractivity contribution is 5.37. The summed E-state index contributed by atoms with van der Waals surface area (Å²) in [6.45, 7) is 0.785. The average molecular weight is 269 g/mol. The normalized spacial score (nSPS) is 18.9. The van der Waals surface area contributed by atoms with Crippen LogP contribution in [0.25, 0.3) is 0 Å². The van der Waals surface area contributed by atoms with Gasteiger partial charge in [-0.15, -0.1) is 0 Å². The first-order chi connectivity index (χ1) is 9.88. The Morgan fingerprint density at radius 3 is 2.85 bits per heavy atom. The fourth-order valence-electron chi connectivity index (χ4n) is 2.79. The van der Waals surface area contributed by atoms with Gasteiger partial charge in [0.1, 0.15) is 11.6 Å². The van der Waals surface area contributed by atoms with Gasteiger partial charge in [0.25, 0.3) is 0 Å². The van der Waals surface area contributed by atoms with Crippen LogP contribution in [-0.2, 0) is 0 Å². The maximum atomic E-state index is 5.72. The van der Waals surface area contributed by atoms with Gasteiger partial charge >= 0.3 is 0 Å². The molecule has 104 valence electrons. The second-order valence-corrected chi connectivity index (χ2v) is 5.06. The largest absolute Gasteiger partial charge is 0.493 e. The molecule has 0 aliphatic carbocycles. The Labute approximate surface area is 119 Å². The molecule has 0 radical (unpaired) electrons. The van der Waals surface area contributed by atoms with Crippen molar-refractivity contribution in [3.8, 4) is 5.75 Å². The number of rotatable bonds is 4. The summed E-state index contributed by atoms with van der Waals surface area (Å²) in [6, 6.07) is 10.3. The SMILES string of the molecule is CNC(CC1CCOc2ccccc21)c1ncccn1. The fraction of sp³-hybridized carbons (Fsp3) is 0.375. The Morgan fingerprint density at radius 1 is 1.25 bits per heavy atom. The molecular weight excluding hydrogens is 250 g/mol. The zero-order valence-electron chi connectivity index (χ0n) is 11.6. The number of nitrogens with zero attached hydrogens (tertiary/aromatic N) is 2. The quantitative estimate of drug-likeness (QED) is 0.927. The van der Waals surface area contributed by atoms with Crippen LogP contribution in [0.2, 0.25) is 0 Å². The maximum Gasteiger partial charge on any atom is 0.145 e. The number of fused-ring (bicyclic) bond motifs is 1. The van der Waals surface area contributed by atoms with Crippen molar-refractivity contribution in [2.24, 2.45) is 0 Å². The van der Waals surface area contributed by atoms with Gasteiger partial charge in [0.2, 0.25) is 0 Å². The number of nitrogens with one attached hydrogen (secondary N) is 1. The second kappa shape index (κ2) is 6.01. The third-order valence-electron chi connectivity index (χ3n) is 3.85. The summed E-state index contributed by atoms with van der Waals surface area (Å²) in [5.41, 5.74) is 1.30. The number of para-hydroxylation sites is 1. The van der Waals surface area contributed by atoms with Crippen molar-refractivity contribution in [1.29, 1.82) is 0 Å². The number of benzene rings is 1. The smallest absolute Gasteiger partial charge is 0.145 e. The molecule has 1 aliphatic heterocycles. The highest BCUT2D eigenvalue weighted by Gasteiger charge is 2.25. The lowest BCUT2D eigenvalue weighted by atomic mass is 9.87. The van der Waals surface area contributed by atoms with Crippen LogP contribution in [0, 0.1) is 0 Å². The summed E-state index contributed by atoms with van der Waals surface area (Å²) in [4.78, 5) is 8.73. The van der Waals surface area contributed by atoms with Crippen LogP contribution in [0.1, 0.15) is 36.2 Å². The van der Waals surface area contributed by atoms with Crippen LogP contribution in [0.5, 0.6) is 5.75 Å². The number of ether oxygens (including phenoxy) is 1. The van der Waals surface area contributed by atoms with E-state index in [0.29, 0.717) is 5.92 Å². The average Bonchev–Trinajstić information content (AvgIpc) is 2.53. The Bertz CT molecular complexity index is 559. The minimum absolute atomic E-state index is 0.173. The predicted molar refractivity (Wildman–Crippen MR) is 77.7 cm³/mol. The molecule has 0 fully saturated rings. The zero-order chi connectivity index (χ0) is 13.8. The van der Waals surface area contributed by atoms with Crippen LogP contribution >= 0.6 is 0 Å². The van der Waals surface area contributed by atoms with Crippen molar-refractivity contribution in [3.63, 3.8) is 0 Å². The van der Waals surface area contributed by atoms with E-state index in [-0.39, 0.29) is 6.04 Å². The summed E-state index contributed by atoms with van der Waals surface area (Å²) in [5.74, 6) is 2.37. The van der Waals surface area contributed by atoms with E-state index < -0.39 is 0 Å². The molecule has 4 heteroatoms. The molecular formula is C16H19N3O. The monoisotopic (exact) mass is 269 g/mol. The topological polar surface area (TPSA) is 47.0 Å². The molecule has 1 aliphatic rings. The number of hydrogen-bond acceptors (Lipinski definition) is 4. The summed E-state index contributed by atoms with van der Waals surface area (Å²) in [7, 11) is 1.96. The van der Waals surface area contributed by atoms with Gasteiger partial charge in [0, 0.05) is 12.4 Å². The van der Waals surface area contributed by atoms with Gasteiger partial charge in [-0.3, -0.25) is 0 Å². The molecule has 0 saturated heterocycles. The van der Waals surface area contributed by atoms with Gasteiger partial charge in [-0.25, -0.2) is 9.97 Å². The first-order valence-electron chi connectivity index (χ1n) is 7.04. The van der Waals surface area contributed by atoms with E-state index in [2.05, 4.69) is 33.5 Å². The standard InChI is InChI=1S/C16H19N3O/c1-17-14(16-18-8-4-9-19-16)11-12-7-10-20-15-6-3-2-5-13(12)15/h2-6,8-9,12,14,17H,7,10-11H2,1H3. The van der Waals surface area contributed by atoms with Crippen LogP contribution in [0.15, 0.2) is 42.7 Å². The molecule has 2 aromatic rings. The maximum absolute atomic E-state index is 5.72. The third kappa shape index (κ3) is 2.65. The van der Waals surface area contributed by atoms with Crippen molar-refractivity contribution >= 4 is 0 Å². The second-order valence-electron chi connectivity index (χ2n) is 5.06. The Hall–Kier alpha value is -1.94. The summed E-state index contributed by atoms with van der Waals surface area (Å²) < 4.78 is 5.72. The first kappa shape index (κ1) is 13.1. The zero-order valence-corrected chi connectivity index (χ0v) is 11.6. The molecule has 4 nitrogen and oxygen atoms in total. The molecule has 1 aromatic carbocycles. The van der Waals surface area contributed by atoms with Gasteiger partial charge in [-0.1, -0.05) is 18.2 Å². The van der Waals surface area contributed by atoms with Crippen LogP contribution in [0.3, 0.4) is 0 Å². The summed E-state index contributed by atoms with van der Waals surface area (Å²) in [5, 5.41) is 3.33. The summed E-state index contributed by atoms with van der Waals surface area (Å²) >= 11 is 0. The lowest BCUT2D eigenvalue weighted by molar-refractivity contribution is 0.255. The molecule has 1 aromatic heterocycles. The van der Waals surface area contributed by atoms with E-state index >= 15 is 0 Å². The molecule has 3 rings (SSSR count). The molecule has 0 spiro atoms. The molecule has 20 heavy (non-hydrogen) atoms. The van der Waals surface area contributed by atoms with Gasteiger partial charge in [0.15, 0.2) is 0 Å². The van der Waals surface area contributed by atoms with Gasteiger partial charge in [-0.05, 0) is 43.5 Å². The molecule has 0 bridgehead atoms. The van der Waals surface area contributed by atoms with Crippen LogP contribution in [-0.4, -0.2) is 23.6 Å². The molecule has 2 heterocycles. The number of aromatic nitrogens is 2. The van der Waals surface area contributed by atoms with E-state index in [9.17, 15) is 0 Å². The highest BCUT2D eigenvalue weighted by Crippen LogP contribution is 2.38. The van der Waals surface area contributed by atoms with Gasteiger partial charge in [-0.2, -0.15) is 0 Å². The van der Waals surface area contributed by atoms with E-state index in [1.54, 1.807) is 12.4 Å². The summed E-state index contributed by atoms with van der Waals surface area (Å²) in [6.07, 6.45) is 5.62. The minimum atomic E-state index is 0.173. The molecule has 2 unspecified atom stereocenters. The number of hydrogen-bond donors (Lipinski definition) is 1. The van der Waals surface area contributed by atoms with E-state index in [1.807, 2.05) is 19.2 Å². The lowest BCUT2D eigenvalue weighted by Crippen LogP contribution is -2.24. The van der Waals surface area contributed by atoms with Gasteiger partial charge < -0.3 is 10.1 Å². The van der Waals surface area contributed by atoms with Crippen molar-refractivity contribution in [1.82, 2.24) is 15.3 Å².